The van der Waals surface area contributed by atoms with E-state index in [0.29, 0.717) is 17.8 Å². The average Bonchev–Trinajstić information content (AvgIpc) is 2.26. The van der Waals surface area contributed by atoms with Crippen molar-refractivity contribution in [1.82, 2.24) is 0 Å². The van der Waals surface area contributed by atoms with Crippen molar-refractivity contribution in [2.45, 2.75) is 51.6 Å². The van der Waals surface area contributed by atoms with Crippen LogP contribution in [0.4, 0.5) is 0 Å². The normalized spacial score (nSPS) is 42.6. The smallest absolute Gasteiger partial charge is 0.312 e. The maximum atomic E-state index is 12.4. The van der Waals surface area contributed by atoms with Crippen LogP contribution in [-0.4, -0.2) is 18.0 Å². The maximum Gasteiger partial charge on any atom is 0.312 e. The highest BCUT2D eigenvalue weighted by molar-refractivity contribution is 5.84. The monoisotopic (exact) mass is 251 g/mol. The molecule has 0 aromatic rings. The molecule has 4 aliphatic rings. The van der Waals surface area contributed by atoms with Gasteiger partial charge >= 0.3 is 5.97 Å². The molecule has 0 aliphatic heterocycles. The Bertz CT molecular complexity index is 355. The van der Waals surface area contributed by atoms with Crippen molar-refractivity contribution in [2.75, 3.05) is 0 Å². The number of rotatable bonds is 3. The van der Waals surface area contributed by atoms with E-state index in [0.717, 1.165) is 19.3 Å². The van der Waals surface area contributed by atoms with Crippen LogP contribution in [-0.2, 0) is 14.3 Å². The van der Waals surface area contributed by atoms with E-state index in [4.69, 9.17) is 10.5 Å². The third-order valence-corrected chi connectivity index (χ3v) is 5.16. The van der Waals surface area contributed by atoms with Gasteiger partial charge in [-0.2, -0.15) is 0 Å². The zero-order chi connectivity index (χ0) is 12.9. The summed E-state index contributed by atoms with van der Waals surface area (Å²) in [6.07, 6.45) is 5.95. The van der Waals surface area contributed by atoms with E-state index in [9.17, 15) is 9.59 Å². The van der Waals surface area contributed by atoms with Crippen LogP contribution < -0.4 is 5.73 Å². The number of amides is 1. The quantitative estimate of drug-likeness (QED) is 0.775. The van der Waals surface area contributed by atoms with Gasteiger partial charge in [0.25, 0.3) is 5.91 Å². The minimum Gasteiger partial charge on any atom is -0.452 e. The van der Waals surface area contributed by atoms with Crippen molar-refractivity contribution in [3.05, 3.63) is 0 Å². The minimum absolute atomic E-state index is 0.173. The Labute approximate surface area is 107 Å². The molecule has 0 aromatic carbocycles. The minimum atomic E-state index is -0.800. The molecule has 0 aromatic heterocycles. The molecule has 4 aliphatic carbocycles. The lowest BCUT2D eigenvalue weighted by molar-refractivity contribution is -0.178. The summed E-state index contributed by atoms with van der Waals surface area (Å²) in [5, 5.41) is 0. The lowest BCUT2D eigenvalue weighted by Crippen LogP contribution is -2.51. The number of carbonyl (C=O) groups excluding carboxylic acids is 2. The van der Waals surface area contributed by atoms with Gasteiger partial charge in [-0.05, 0) is 63.2 Å². The Morgan fingerprint density at radius 2 is 1.56 bits per heavy atom. The molecule has 1 atom stereocenters. The molecule has 1 amide bonds. The summed E-state index contributed by atoms with van der Waals surface area (Å²) < 4.78 is 5.28. The van der Waals surface area contributed by atoms with Gasteiger partial charge in [-0.25, -0.2) is 0 Å². The Balaban J connectivity index is 1.75. The molecule has 0 saturated heterocycles. The van der Waals surface area contributed by atoms with E-state index < -0.39 is 12.0 Å². The van der Waals surface area contributed by atoms with E-state index >= 15 is 0 Å². The third-order valence-electron chi connectivity index (χ3n) is 5.16. The number of primary amides is 1. The first-order valence-electron chi connectivity index (χ1n) is 6.99. The van der Waals surface area contributed by atoms with Crippen LogP contribution >= 0.6 is 0 Å². The van der Waals surface area contributed by atoms with Crippen LogP contribution in [0, 0.1) is 23.2 Å². The van der Waals surface area contributed by atoms with Crippen LogP contribution in [0.2, 0.25) is 0 Å². The fraction of sp³-hybridized carbons (Fsp3) is 0.857. The molecular formula is C14H21NO3. The zero-order valence-electron chi connectivity index (χ0n) is 10.9. The number of carbonyl (C=O) groups is 2. The van der Waals surface area contributed by atoms with Crippen LogP contribution in [0.3, 0.4) is 0 Å². The van der Waals surface area contributed by atoms with E-state index in [1.807, 2.05) is 0 Å². The number of esters is 1. The van der Waals surface area contributed by atoms with Crippen LogP contribution in [0.15, 0.2) is 0 Å². The largest absolute Gasteiger partial charge is 0.452 e. The highest BCUT2D eigenvalue weighted by Gasteiger charge is 2.55. The third kappa shape index (κ3) is 1.82. The molecule has 0 heterocycles. The van der Waals surface area contributed by atoms with Gasteiger partial charge in [0, 0.05) is 0 Å². The van der Waals surface area contributed by atoms with Gasteiger partial charge in [0.15, 0.2) is 6.10 Å². The molecule has 18 heavy (non-hydrogen) atoms. The summed E-state index contributed by atoms with van der Waals surface area (Å²) in [7, 11) is 0. The highest BCUT2D eigenvalue weighted by atomic mass is 16.5. The maximum absolute atomic E-state index is 12.4. The van der Waals surface area contributed by atoms with Gasteiger partial charge in [-0.3, -0.25) is 9.59 Å². The van der Waals surface area contributed by atoms with Gasteiger partial charge in [-0.1, -0.05) is 0 Å². The number of nitrogens with two attached hydrogens (primary N) is 1. The molecule has 100 valence electrons. The second-order valence-electron chi connectivity index (χ2n) is 6.65. The van der Waals surface area contributed by atoms with Crippen LogP contribution in [0.5, 0.6) is 0 Å². The fourth-order valence-electron chi connectivity index (χ4n) is 4.70. The Hall–Kier alpha value is -1.06. The zero-order valence-corrected chi connectivity index (χ0v) is 10.9. The van der Waals surface area contributed by atoms with E-state index in [1.54, 1.807) is 6.92 Å². The van der Waals surface area contributed by atoms with Crippen molar-refractivity contribution in [3.63, 3.8) is 0 Å². The van der Waals surface area contributed by atoms with Gasteiger partial charge < -0.3 is 10.5 Å². The molecule has 2 N–H and O–H groups in total. The Kier molecular flexibility index (Phi) is 2.65. The Morgan fingerprint density at radius 3 is 1.94 bits per heavy atom. The van der Waals surface area contributed by atoms with Gasteiger partial charge in [-0.15, -0.1) is 0 Å². The lowest BCUT2D eigenvalue weighted by Gasteiger charge is -2.55. The van der Waals surface area contributed by atoms with Gasteiger partial charge in [0.2, 0.25) is 0 Å². The first-order chi connectivity index (χ1) is 8.48. The molecule has 4 fully saturated rings. The second-order valence-corrected chi connectivity index (χ2v) is 6.65. The predicted molar refractivity (Wildman–Crippen MR) is 65.4 cm³/mol. The molecule has 1 unspecified atom stereocenters. The summed E-state index contributed by atoms with van der Waals surface area (Å²) in [6, 6.07) is 0. The molecule has 0 spiro atoms. The summed E-state index contributed by atoms with van der Waals surface area (Å²) >= 11 is 0. The number of hydrogen-bond acceptors (Lipinski definition) is 3. The molecule has 4 saturated carbocycles. The highest BCUT2D eigenvalue weighted by Crippen LogP contribution is 2.60. The molecule has 0 radical (unpaired) electrons. The number of ether oxygens (including phenoxy) is 1. The Morgan fingerprint density at radius 1 is 1.11 bits per heavy atom. The van der Waals surface area contributed by atoms with Crippen molar-refractivity contribution in [2.24, 2.45) is 28.9 Å². The average molecular weight is 251 g/mol. The van der Waals surface area contributed by atoms with Gasteiger partial charge in [0.05, 0.1) is 5.41 Å². The summed E-state index contributed by atoms with van der Waals surface area (Å²) in [5.74, 6) is 1.37. The molecule has 4 rings (SSSR count). The van der Waals surface area contributed by atoms with E-state index in [-0.39, 0.29) is 11.4 Å². The van der Waals surface area contributed by atoms with Crippen LogP contribution in [0.1, 0.15) is 45.4 Å². The topological polar surface area (TPSA) is 69.4 Å². The van der Waals surface area contributed by atoms with E-state index in [2.05, 4.69) is 0 Å². The SMILES string of the molecule is CC(OC(=O)C12CC3CC(CC(C3)C1)C2)C(N)=O. The molecule has 4 bridgehead atoms. The van der Waals surface area contributed by atoms with Crippen molar-refractivity contribution in [1.29, 1.82) is 0 Å². The lowest BCUT2D eigenvalue weighted by atomic mass is 9.49. The number of hydrogen-bond donors (Lipinski definition) is 1. The molecular weight excluding hydrogens is 230 g/mol. The van der Waals surface area contributed by atoms with Crippen molar-refractivity contribution >= 4 is 11.9 Å². The second kappa shape index (κ2) is 3.97. The first-order valence-corrected chi connectivity index (χ1v) is 6.99. The summed E-state index contributed by atoms with van der Waals surface area (Å²) in [4.78, 5) is 23.4. The van der Waals surface area contributed by atoms with E-state index in [1.165, 1.54) is 19.3 Å². The first kappa shape index (κ1) is 12.0. The predicted octanol–water partition coefficient (Wildman–Crippen LogP) is 1.62. The van der Waals surface area contributed by atoms with Crippen molar-refractivity contribution < 1.29 is 14.3 Å². The molecule has 4 nitrogen and oxygen atoms in total. The standard InChI is InChI=1S/C14H21NO3/c1-8(12(15)16)18-13(17)14-5-9-2-10(6-14)4-11(3-9)7-14/h8-11H,2-7H2,1H3,(H2,15,16). The van der Waals surface area contributed by atoms with Crippen molar-refractivity contribution in [3.8, 4) is 0 Å². The summed E-state index contributed by atoms with van der Waals surface area (Å²) in [5.41, 5.74) is 4.87. The fourth-order valence-corrected chi connectivity index (χ4v) is 4.70. The molecule has 4 heteroatoms. The van der Waals surface area contributed by atoms with Crippen LogP contribution in [0.25, 0.3) is 0 Å². The summed E-state index contributed by atoms with van der Waals surface area (Å²) in [6.45, 7) is 1.56. The van der Waals surface area contributed by atoms with Gasteiger partial charge in [0.1, 0.15) is 0 Å².